The maximum Gasteiger partial charge on any atom is 0.196 e. The van der Waals surface area contributed by atoms with Gasteiger partial charge in [-0.25, -0.2) is 9.37 Å². The van der Waals surface area contributed by atoms with Gasteiger partial charge >= 0.3 is 0 Å². The van der Waals surface area contributed by atoms with Crippen molar-refractivity contribution >= 4 is 44.7 Å². The topological polar surface area (TPSA) is 29.3 Å². The van der Waals surface area contributed by atoms with Gasteiger partial charge in [-0.2, -0.15) is 0 Å². The second kappa shape index (κ2) is 6.29. The van der Waals surface area contributed by atoms with Gasteiger partial charge in [0.15, 0.2) is 4.96 Å². The Morgan fingerprint density at radius 1 is 1.29 bits per heavy atom. The third kappa shape index (κ3) is 2.63. The molecule has 0 spiro atoms. The van der Waals surface area contributed by atoms with Crippen LogP contribution < -0.4 is 5.32 Å². The normalized spacial score (nSPS) is 15.5. The van der Waals surface area contributed by atoms with E-state index in [9.17, 15) is 4.39 Å². The SMILES string of the molecule is Cc1sc2nc(-c3c(F)cccc3I)c(NC3CCCC3)n2c1C. The fourth-order valence-corrected chi connectivity index (χ4v) is 5.13. The van der Waals surface area contributed by atoms with Crippen molar-refractivity contribution in [3.63, 3.8) is 0 Å². The molecule has 2 aromatic heterocycles. The number of nitrogens with one attached hydrogen (secondary N) is 1. The van der Waals surface area contributed by atoms with E-state index in [-0.39, 0.29) is 5.82 Å². The Kier molecular flexibility index (Phi) is 4.28. The highest BCUT2D eigenvalue weighted by molar-refractivity contribution is 14.1. The maximum atomic E-state index is 14.6. The summed E-state index contributed by atoms with van der Waals surface area (Å²) < 4.78 is 17.6. The van der Waals surface area contributed by atoms with E-state index in [2.05, 4.69) is 46.2 Å². The van der Waals surface area contributed by atoms with Crippen LogP contribution in [0.5, 0.6) is 0 Å². The number of aryl methyl sites for hydroxylation is 2. The molecular weight excluding hydrogens is 436 g/mol. The maximum absolute atomic E-state index is 14.6. The molecule has 1 aliphatic rings. The van der Waals surface area contributed by atoms with E-state index in [1.807, 2.05) is 6.07 Å². The van der Waals surface area contributed by atoms with Gasteiger partial charge in [0.05, 0.1) is 5.56 Å². The van der Waals surface area contributed by atoms with Crippen molar-refractivity contribution < 1.29 is 4.39 Å². The Hall–Kier alpha value is -1.15. The van der Waals surface area contributed by atoms with Crippen molar-refractivity contribution in [1.82, 2.24) is 9.38 Å². The highest BCUT2D eigenvalue weighted by Crippen LogP contribution is 2.38. The molecule has 2 heterocycles. The molecule has 0 atom stereocenters. The highest BCUT2D eigenvalue weighted by atomic mass is 127. The number of imidazole rings is 1. The molecule has 3 aromatic rings. The van der Waals surface area contributed by atoms with E-state index >= 15 is 0 Å². The van der Waals surface area contributed by atoms with Crippen LogP contribution in [0.15, 0.2) is 18.2 Å². The zero-order valence-electron chi connectivity index (χ0n) is 13.7. The number of anilines is 1. The fraction of sp³-hybridized carbons (Fsp3) is 0.389. The number of rotatable bonds is 3. The van der Waals surface area contributed by atoms with E-state index in [4.69, 9.17) is 4.98 Å². The number of halogens is 2. The number of hydrogen-bond donors (Lipinski definition) is 1. The lowest BCUT2D eigenvalue weighted by atomic mass is 10.1. The van der Waals surface area contributed by atoms with Gasteiger partial charge in [0.1, 0.15) is 17.3 Å². The first-order chi connectivity index (χ1) is 11.6. The summed E-state index contributed by atoms with van der Waals surface area (Å²) in [5.41, 5.74) is 2.52. The van der Waals surface area contributed by atoms with E-state index in [0.29, 0.717) is 11.6 Å². The van der Waals surface area contributed by atoms with Crippen molar-refractivity contribution in [3.05, 3.63) is 38.2 Å². The Balaban J connectivity index is 1.94. The van der Waals surface area contributed by atoms with Crippen LogP contribution in [0.4, 0.5) is 10.2 Å². The Bertz CT molecular complexity index is 889. The summed E-state index contributed by atoms with van der Waals surface area (Å²) >= 11 is 3.86. The molecule has 0 amide bonds. The summed E-state index contributed by atoms with van der Waals surface area (Å²) in [6.45, 7) is 4.22. The fourth-order valence-electron chi connectivity index (χ4n) is 3.44. The molecule has 1 fully saturated rings. The quantitative estimate of drug-likeness (QED) is 0.508. The number of fused-ring (bicyclic) bond motifs is 1. The van der Waals surface area contributed by atoms with Crippen molar-refractivity contribution in [2.75, 3.05) is 5.32 Å². The molecule has 0 saturated heterocycles. The largest absolute Gasteiger partial charge is 0.367 e. The predicted molar refractivity (Wildman–Crippen MR) is 107 cm³/mol. The van der Waals surface area contributed by atoms with Crippen LogP contribution in [-0.2, 0) is 0 Å². The number of aromatic nitrogens is 2. The van der Waals surface area contributed by atoms with Gasteiger partial charge in [0.25, 0.3) is 0 Å². The van der Waals surface area contributed by atoms with E-state index in [1.165, 1.54) is 42.3 Å². The van der Waals surface area contributed by atoms with Crippen LogP contribution in [0, 0.1) is 23.2 Å². The van der Waals surface area contributed by atoms with Crippen molar-refractivity contribution in [2.24, 2.45) is 0 Å². The van der Waals surface area contributed by atoms with E-state index in [1.54, 1.807) is 17.4 Å². The smallest absolute Gasteiger partial charge is 0.196 e. The molecule has 0 bridgehead atoms. The second-order valence-electron chi connectivity index (χ2n) is 6.39. The number of hydrogen-bond acceptors (Lipinski definition) is 3. The molecule has 3 nitrogen and oxygen atoms in total. The van der Waals surface area contributed by atoms with Crippen LogP contribution in [0.25, 0.3) is 16.2 Å². The van der Waals surface area contributed by atoms with E-state index < -0.39 is 0 Å². The summed E-state index contributed by atoms with van der Waals surface area (Å²) in [4.78, 5) is 6.98. The third-order valence-corrected chi connectivity index (χ3v) is 6.79. The Labute approximate surface area is 158 Å². The molecule has 0 aliphatic heterocycles. The van der Waals surface area contributed by atoms with Gasteiger partial charge in [-0.3, -0.25) is 4.40 Å². The molecule has 126 valence electrons. The molecular formula is C18H19FIN3S. The van der Waals surface area contributed by atoms with Crippen LogP contribution in [0.3, 0.4) is 0 Å². The monoisotopic (exact) mass is 455 g/mol. The molecule has 1 saturated carbocycles. The van der Waals surface area contributed by atoms with Crippen LogP contribution in [-0.4, -0.2) is 15.4 Å². The third-order valence-electron chi connectivity index (χ3n) is 4.83. The minimum absolute atomic E-state index is 0.212. The highest BCUT2D eigenvalue weighted by Gasteiger charge is 2.25. The lowest BCUT2D eigenvalue weighted by Crippen LogP contribution is -2.17. The van der Waals surface area contributed by atoms with Crippen molar-refractivity contribution in [1.29, 1.82) is 0 Å². The molecule has 0 radical (unpaired) electrons. The molecule has 1 aliphatic carbocycles. The minimum atomic E-state index is -0.212. The molecule has 24 heavy (non-hydrogen) atoms. The lowest BCUT2D eigenvalue weighted by Gasteiger charge is -2.16. The zero-order chi connectivity index (χ0) is 16.8. The first kappa shape index (κ1) is 16.3. The first-order valence-electron chi connectivity index (χ1n) is 8.25. The average molecular weight is 455 g/mol. The summed E-state index contributed by atoms with van der Waals surface area (Å²) in [6.07, 6.45) is 4.86. The van der Waals surface area contributed by atoms with Gasteiger partial charge in [0, 0.05) is 20.2 Å². The molecule has 1 aromatic carbocycles. The van der Waals surface area contributed by atoms with Crippen LogP contribution >= 0.6 is 33.9 Å². The molecule has 4 rings (SSSR count). The van der Waals surface area contributed by atoms with Gasteiger partial charge in [-0.15, -0.1) is 11.3 Å². The second-order valence-corrected chi connectivity index (χ2v) is 8.74. The summed E-state index contributed by atoms with van der Waals surface area (Å²) in [5.74, 6) is 0.735. The standard InChI is InChI=1S/C18H19FIN3S/c1-10-11(2)24-18-22-16(15-13(19)8-5-9-14(15)20)17(23(10)18)21-12-6-3-4-7-12/h5,8-9,12,21H,3-4,6-7H2,1-2H3. The van der Waals surface area contributed by atoms with Crippen LogP contribution in [0.2, 0.25) is 0 Å². The van der Waals surface area contributed by atoms with Crippen molar-refractivity contribution in [3.8, 4) is 11.3 Å². The minimum Gasteiger partial charge on any atom is -0.367 e. The first-order valence-corrected chi connectivity index (χ1v) is 10.1. The zero-order valence-corrected chi connectivity index (χ0v) is 16.7. The van der Waals surface area contributed by atoms with Crippen molar-refractivity contribution in [2.45, 2.75) is 45.6 Å². The number of thiazole rings is 1. The van der Waals surface area contributed by atoms with Gasteiger partial charge in [-0.05, 0) is 61.4 Å². The van der Waals surface area contributed by atoms with Gasteiger partial charge < -0.3 is 5.32 Å². The summed E-state index contributed by atoms with van der Waals surface area (Å²) in [5, 5.41) is 3.68. The van der Waals surface area contributed by atoms with E-state index in [0.717, 1.165) is 20.0 Å². The number of benzene rings is 1. The predicted octanol–water partition coefficient (Wildman–Crippen LogP) is 5.78. The van der Waals surface area contributed by atoms with Gasteiger partial charge in [0.2, 0.25) is 0 Å². The summed E-state index contributed by atoms with van der Waals surface area (Å²) in [7, 11) is 0. The van der Waals surface area contributed by atoms with Crippen LogP contribution in [0.1, 0.15) is 36.3 Å². The molecule has 6 heteroatoms. The average Bonchev–Trinajstić information content (AvgIpc) is 3.21. The Morgan fingerprint density at radius 3 is 2.75 bits per heavy atom. The lowest BCUT2D eigenvalue weighted by molar-refractivity contribution is 0.630. The van der Waals surface area contributed by atoms with Gasteiger partial charge in [-0.1, -0.05) is 18.9 Å². The Morgan fingerprint density at radius 2 is 2.04 bits per heavy atom. The summed E-state index contributed by atoms with van der Waals surface area (Å²) in [6, 6.07) is 5.65. The number of nitrogens with zero attached hydrogens (tertiary/aromatic N) is 2. The molecule has 1 N–H and O–H groups in total. The molecule has 0 unspecified atom stereocenters.